The van der Waals surface area contributed by atoms with Gasteiger partial charge in [0.25, 0.3) is 0 Å². The molecule has 0 nitrogen and oxygen atoms in total. The van der Waals surface area contributed by atoms with Crippen LogP contribution >= 0.6 is 0 Å². The van der Waals surface area contributed by atoms with Gasteiger partial charge >= 0.3 is 0 Å². The topological polar surface area (TPSA) is 0 Å². The minimum atomic E-state index is 0.439. The Bertz CT molecular complexity index is 183. The molecule has 0 N–H and O–H groups in total. The van der Waals surface area contributed by atoms with Crippen LogP contribution in [0.4, 0.5) is 0 Å². The van der Waals surface area contributed by atoms with E-state index in [0.29, 0.717) is 10.8 Å². The van der Waals surface area contributed by atoms with Crippen molar-refractivity contribution < 1.29 is 0 Å². The summed E-state index contributed by atoms with van der Waals surface area (Å²) >= 11 is 0. The molecular weight excluding hydrogens is 168 g/mol. The van der Waals surface area contributed by atoms with Crippen molar-refractivity contribution in [3.63, 3.8) is 0 Å². The van der Waals surface area contributed by atoms with Crippen molar-refractivity contribution in [1.82, 2.24) is 0 Å². The molecule has 0 heteroatoms. The number of hydrogen-bond donors (Lipinski definition) is 0. The number of hydrogen-bond acceptors (Lipinski definition) is 0. The second-order valence-corrected chi connectivity index (χ2v) is 6.94. The predicted molar refractivity (Wildman–Crippen MR) is 64.4 cm³/mol. The van der Waals surface area contributed by atoms with Crippen LogP contribution in [-0.2, 0) is 0 Å². The molecule has 0 aliphatic heterocycles. The molecule has 0 aromatic carbocycles. The first-order valence-electron chi connectivity index (χ1n) is 6.25. The summed E-state index contributed by atoms with van der Waals surface area (Å²) in [6, 6.07) is 0. The van der Waals surface area contributed by atoms with Gasteiger partial charge in [0.05, 0.1) is 0 Å². The SMILES string of the molecule is CC1CCCC(C(C)(C)C(C)(C)C)C1. The molecule has 1 saturated carbocycles. The molecule has 1 aliphatic rings. The second-order valence-electron chi connectivity index (χ2n) is 6.94. The van der Waals surface area contributed by atoms with E-state index >= 15 is 0 Å². The number of rotatable bonds is 1. The maximum atomic E-state index is 2.47. The lowest BCUT2D eigenvalue weighted by molar-refractivity contribution is 0.0214. The first-order chi connectivity index (χ1) is 6.25. The molecule has 1 rings (SSSR count). The summed E-state index contributed by atoms with van der Waals surface area (Å²) in [7, 11) is 0. The van der Waals surface area contributed by atoms with E-state index in [-0.39, 0.29) is 0 Å². The first kappa shape index (κ1) is 12.1. The van der Waals surface area contributed by atoms with Crippen LogP contribution in [0, 0.1) is 22.7 Å². The van der Waals surface area contributed by atoms with Gasteiger partial charge in [-0.15, -0.1) is 0 Å². The zero-order valence-corrected chi connectivity index (χ0v) is 11.0. The fourth-order valence-corrected chi connectivity index (χ4v) is 2.70. The highest BCUT2D eigenvalue weighted by molar-refractivity contribution is 4.90. The largest absolute Gasteiger partial charge is 0.0625 e. The highest BCUT2D eigenvalue weighted by atomic mass is 14.5. The molecule has 0 saturated heterocycles. The van der Waals surface area contributed by atoms with E-state index < -0.39 is 0 Å². The summed E-state index contributed by atoms with van der Waals surface area (Å²) in [5, 5.41) is 0. The molecule has 84 valence electrons. The molecule has 0 aromatic heterocycles. The molecule has 0 aromatic rings. The fraction of sp³-hybridized carbons (Fsp3) is 1.00. The van der Waals surface area contributed by atoms with Gasteiger partial charge in [-0.1, -0.05) is 54.4 Å². The van der Waals surface area contributed by atoms with Crippen LogP contribution in [-0.4, -0.2) is 0 Å². The lowest BCUT2D eigenvalue weighted by atomic mass is 9.58. The first-order valence-corrected chi connectivity index (χ1v) is 6.25. The van der Waals surface area contributed by atoms with Crippen LogP contribution < -0.4 is 0 Å². The Kier molecular flexibility index (Phi) is 3.33. The van der Waals surface area contributed by atoms with E-state index in [9.17, 15) is 0 Å². The molecule has 14 heavy (non-hydrogen) atoms. The Labute approximate surface area is 90.5 Å². The van der Waals surface area contributed by atoms with Crippen LogP contribution in [0.5, 0.6) is 0 Å². The Morgan fingerprint density at radius 2 is 1.50 bits per heavy atom. The van der Waals surface area contributed by atoms with E-state index in [2.05, 4.69) is 41.5 Å². The van der Waals surface area contributed by atoms with Gasteiger partial charge in [0.15, 0.2) is 0 Å². The maximum absolute atomic E-state index is 2.47. The van der Waals surface area contributed by atoms with Crippen LogP contribution in [0.1, 0.15) is 67.2 Å². The Hall–Kier alpha value is 0. The highest BCUT2D eigenvalue weighted by Crippen LogP contribution is 2.50. The van der Waals surface area contributed by atoms with Gasteiger partial charge in [-0.05, 0) is 35.5 Å². The van der Waals surface area contributed by atoms with E-state index in [0.717, 1.165) is 11.8 Å². The molecule has 0 bridgehead atoms. The molecule has 2 unspecified atom stereocenters. The van der Waals surface area contributed by atoms with Crippen molar-refractivity contribution >= 4 is 0 Å². The van der Waals surface area contributed by atoms with E-state index in [1.54, 1.807) is 0 Å². The summed E-state index contributed by atoms with van der Waals surface area (Å²) in [6.45, 7) is 14.5. The van der Waals surface area contributed by atoms with Gasteiger partial charge in [0.2, 0.25) is 0 Å². The van der Waals surface area contributed by atoms with Crippen molar-refractivity contribution in [2.75, 3.05) is 0 Å². The van der Waals surface area contributed by atoms with Crippen molar-refractivity contribution in [1.29, 1.82) is 0 Å². The summed E-state index contributed by atoms with van der Waals surface area (Å²) in [6.07, 6.45) is 5.81. The van der Waals surface area contributed by atoms with E-state index in [4.69, 9.17) is 0 Å². The zero-order chi connectivity index (χ0) is 11.0. The van der Waals surface area contributed by atoms with Crippen molar-refractivity contribution in [3.05, 3.63) is 0 Å². The Morgan fingerprint density at radius 3 is 1.93 bits per heavy atom. The van der Waals surface area contributed by atoms with E-state index in [1.807, 2.05) is 0 Å². The lowest BCUT2D eigenvalue weighted by Crippen LogP contribution is -2.39. The average molecular weight is 196 g/mol. The summed E-state index contributed by atoms with van der Waals surface area (Å²) in [4.78, 5) is 0. The molecule has 2 atom stereocenters. The molecular formula is C14H28. The smallest absolute Gasteiger partial charge is 0.0277 e. The maximum Gasteiger partial charge on any atom is -0.0277 e. The van der Waals surface area contributed by atoms with Gasteiger partial charge in [-0.2, -0.15) is 0 Å². The van der Waals surface area contributed by atoms with Crippen molar-refractivity contribution in [2.45, 2.75) is 67.2 Å². The fourth-order valence-electron chi connectivity index (χ4n) is 2.70. The van der Waals surface area contributed by atoms with Crippen molar-refractivity contribution in [2.24, 2.45) is 22.7 Å². The monoisotopic (exact) mass is 196 g/mol. The van der Waals surface area contributed by atoms with Gasteiger partial charge in [-0.3, -0.25) is 0 Å². The molecule has 1 aliphatic carbocycles. The standard InChI is InChI=1S/C14H28/c1-11-8-7-9-12(10-11)14(5,6)13(2,3)4/h11-12H,7-10H2,1-6H3. The minimum Gasteiger partial charge on any atom is -0.0625 e. The summed E-state index contributed by atoms with van der Waals surface area (Å²) in [5.41, 5.74) is 0.927. The van der Waals surface area contributed by atoms with Crippen LogP contribution in [0.2, 0.25) is 0 Å². The normalized spacial score (nSPS) is 30.4. The van der Waals surface area contributed by atoms with Crippen LogP contribution in [0.25, 0.3) is 0 Å². The van der Waals surface area contributed by atoms with Crippen LogP contribution in [0.15, 0.2) is 0 Å². The molecule has 1 fully saturated rings. The van der Waals surface area contributed by atoms with Gasteiger partial charge in [0.1, 0.15) is 0 Å². The van der Waals surface area contributed by atoms with Gasteiger partial charge in [0, 0.05) is 0 Å². The summed E-state index contributed by atoms with van der Waals surface area (Å²) < 4.78 is 0. The van der Waals surface area contributed by atoms with E-state index in [1.165, 1.54) is 25.7 Å². The predicted octanol–water partition coefficient (Wildman–Crippen LogP) is 4.89. The van der Waals surface area contributed by atoms with Crippen LogP contribution in [0.3, 0.4) is 0 Å². The highest BCUT2D eigenvalue weighted by Gasteiger charge is 2.40. The quantitative estimate of drug-likeness (QED) is 0.560. The summed E-state index contributed by atoms with van der Waals surface area (Å²) in [5.74, 6) is 1.89. The third-order valence-corrected chi connectivity index (χ3v) is 4.89. The van der Waals surface area contributed by atoms with Gasteiger partial charge < -0.3 is 0 Å². The minimum absolute atomic E-state index is 0.439. The lowest BCUT2D eigenvalue weighted by Gasteiger charge is -2.48. The van der Waals surface area contributed by atoms with Gasteiger partial charge in [-0.25, -0.2) is 0 Å². The third kappa shape index (κ3) is 2.32. The van der Waals surface area contributed by atoms with Crippen molar-refractivity contribution in [3.8, 4) is 0 Å². The zero-order valence-electron chi connectivity index (χ0n) is 11.0. The Balaban J connectivity index is 2.71. The molecule has 0 amide bonds. The molecule has 0 radical (unpaired) electrons. The third-order valence-electron chi connectivity index (χ3n) is 4.89. The molecule has 0 heterocycles. The molecule has 0 spiro atoms. The second kappa shape index (κ2) is 3.87. The average Bonchev–Trinajstić information content (AvgIpc) is 2.02. The Morgan fingerprint density at radius 1 is 0.929 bits per heavy atom.